The van der Waals surface area contributed by atoms with Gasteiger partial charge in [-0.05, 0) is 12.5 Å². The summed E-state index contributed by atoms with van der Waals surface area (Å²) in [6.45, 7) is 1.63. The average molecular weight is 296 g/mol. The number of aryl methyl sites for hydroxylation is 1. The molecular weight excluding hydrogens is 284 g/mol. The van der Waals surface area contributed by atoms with Gasteiger partial charge >= 0.3 is 11.3 Å². The molecule has 0 spiro atoms. The van der Waals surface area contributed by atoms with Crippen LogP contribution in [0, 0.1) is 6.92 Å². The third kappa shape index (κ3) is 1.86. The van der Waals surface area contributed by atoms with E-state index in [1.54, 1.807) is 6.92 Å². The van der Waals surface area contributed by atoms with E-state index in [-0.39, 0.29) is 22.8 Å². The molecule has 4 rings (SSSR count). The molecule has 3 aromatic rings. The molecule has 0 fully saturated rings. The van der Waals surface area contributed by atoms with Crippen LogP contribution in [-0.4, -0.2) is 0 Å². The molecule has 2 aromatic heterocycles. The molecule has 5 heteroatoms. The smallest absolute Gasteiger partial charge is 0.350 e. The van der Waals surface area contributed by atoms with Gasteiger partial charge in [0.15, 0.2) is 5.58 Å². The minimum atomic E-state index is -0.552. The van der Waals surface area contributed by atoms with Crippen molar-refractivity contribution in [1.29, 1.82) is 0 Å². The van der Waals surface area contributed by atoms with Crippen LogP contribution in [0.25, 0.3) is 11.0 Å². The van der Waals surface area contributed by atoms with E-state index in [1.807, 2.05) is 30.3 Å². The second-order valence-electron chi connectivity index (χ2n) is 5.30. The zero-order valence-electron chi connectivity index (χ0n) is 11.8. The van der Waals surface area contributed by atoms with E-state index in [9.17, 15) is 9.59 Å². The average Bonchev–Trinajstić information content (AvgIpc) is 2.93. The van der Waals surface area contributed by atoms with Crippen LogP contribution in [0.5, 0.6) is 5.75 Å². The molecule has 0 saturated carbocycles. The molecule has 3 heterocycles. The zero-order valence-corrected chi connectivity index (χ0v) is 11.8. The molecule has 1 aromatic carbocycles. The summed E-state index contributed by atoms with van der Waals surface area (Å²) in [7, 11) is 0. The van der Waals surface area contributed by atoms with Crippen LogP contribution in [0.3, 0.4) is 0 Å². The Morgan fingerprint density at radius 3 is 2.59 bits per heavy atom. The zero-order chi connectivity index (χ0) is 15.3. The Hall–Kier alpha value is -2.82. The van der Waals surface area contributed by atoms with Gasteiger partial charge in [0, 0.05) is 12.5 Å². The second-order valence-corrected chi connectivity index (χ2v) is 5.30. The van der Waals surface area contributed by atoms with Gasteiger partial charge in [-0.25, -0.2) is 9.59 Å². The summed E-state index contributed by atoms with van der Waals surface area (Å²) in [5.74, 6) is 0.673. The van der Waals surface area contributed by atoms with E-state index < -0.39 is 11.3 Å². The highest BCUT2D eigenvalue weighted by Gasteiger charge is 2.31. The van der Waals surface area contributed by atoms with Crippen molar-refractivity contribution in [2.45, 2.75) is 19.4 Å². The molecule has 1 aliphatic heterocycles. The van der Waals surface area contributed by atoms with Gasteiger partial charge in [0.1, 0.15) is 23.0 Å². The SMILES string of the molecule is Cc1cc2oc(=O)c3c(c2c(=O)o1)OC(c1ccccc1)C3. The van der Waals surface area contributed by atoms with E-state index in [0.717, 1.165) is 5.56 Å². The predicted molar refractivity (Wildman–Crippen MR) is 79.3 cm³/mol. The Bertz CT molecular complexity index is 982. The van der Waals surface area contributed by atoms with E-state index in [0.29, 0.717) is 17.7 Å². The monoisotopic (exact) mass is 296 g/mol. The van der Waals surface area contributed by atoms with E-state index in [4.69, 9.17) is 13.6 Å². The van der Waals surface area contributed by atoms with Crippen molar-refractivity contribution in [2.75, 3.05) is 0 Å². The lowest BCUT2D eigenvalue weighted by molar-refractivity contribution is 0.240. The van der Waals surface area contributed by atoms with Crippen molar-refractivity contribution >= 4 is 11.0 Å². The largest absolute Gasteiger partial charge is 0.484 e. The molecule has 1 atom stereocenters. The third-order valence-corrected chi connectivity index (χ3v) is 3.81. The van der Waals surface area contributed by atoms with Crippen LogP contribution in [0.15, 0.2) is 54.8 Å². The molecule has 0 bridgehead atoms. The van der Waals surface area contributed by atoms with Crippen LogP contribution in [0.2, 0.25) is 0 Å². The van der Waals surface area contributed by atoms with Gasteiger partial charge in [-0.1, -0.05) is 30.3 Å². The molecule has 0 aliphatic carbocycles. The number of hydrogen-bond donors (Lipinski definition) is 0. The minimum absolute atomic E-state index is 0.193. The summed E-state index contributed by atoms with van der Waals surface area (Å²) in [5.41, 5.74) is 0.515. The van der Waals surface area contributed by atoms with Crippen molar-refractivity contribution in [3.05, 3.63) is 74.1 Å². The van der Waals surface area contributed by atoms with Gasteiger partial charge in [0.05, 0.1) is 5.56 Å². The lowest BCUT2D eigenvalue weighted by Crippen LogP contribution is -2.09. The Morgan fingerprint density at radius 2 is 1.82 bits per heavy atom. The fraction of sp³-hybridized carbons (Fsp3) is 0.176. The first-order chi connectivity index (χ1) is 10.6. The Labute approximate surface area is 124 Å². The van der Waals surface area contributed by atoms with Crippen LogP contribution in [-0.2, 0) is 6.42 Å². The number of benzene rings is 1. The first-order valence-electron chi connectivity index (χ1n) is 6.95. The standard InChI is InChI=1S/C17H12O5/c1-9-7-13-14(17(19)20-9)15-11(16(18)22-13)8-12(21-15)10-5-3-2-4-6-10/h2-7,12H,8H2,1H3. The summed E-state index contributed by atoms with van der Waals surface area (Å²) < 4.78 is 16.2. The Balaban J connectivity index is 1.93. The predicted octanol–water partition coefficient (Wildman–Crippen LogP) is 2.73. The molecule has 1 unspecified atom stereocenters. The quantitative estimate of drug-likeness (QED) is 0.690. The molecule has 0 N–H and O–H groups in total. The molecule has 0 saturated heterocycles. The van der Waals surface area contributed by atoms with Crippen molar-refractivity contribution < 1.29 is 13.6 Å². The van der Waals surface area contributed by atoms with Crippen molar-refractivity contribution in [3.8, 4) is 5.75 Å². The van der Waals surface area contributed by atoms with Crippen molar-refractivity contribution in [1.82, 2.24) is 0 Å². The molecule has 0 radical (unpaired) electrons. The first kappa shape index (κ1) is 12.9. The fourth-order valence-corrected chi connectivity index (χ4v) is 2.80. The highest BCUT2D eigenvalue weighted by atomic mass is 16.5. The maximum Gasteiger partial charge on any atom is 0.350 e. The maximum atomic E-state index is 12.1. The summed E-state index contributed by atoms with van der Waals surface area (Å²) in [6, 6.07) is 11.1. The van der Waals surface area contributed by atoms with E-state index in [1.165, 1.54) is 6.07 Å². The van der Waals surface area contributed by atoms with Gasteiger partial charge in [-0.15, -0.1) is 0 Å². The van der Waals surface area contributed by atoms with Gasteiger partial charge < -0.3 is 13.6 Å². The van der Waals surface area contributed by atoms with Crippen LogP contribution in [0.4, 0.5) is 0 Å². The highest BCUT2D eigenvalue weighted by molar-refractivity contribution is 5.83. The van der Waals surface area contributed by atoms with E-state index >= 15 is 0 Å². The van der Waals surface area contributed by atoms with Crippen LogP contribution >= 0.6 is 0 Å². The van der Waals surface area contributed by atoms with Gasteiger partial charge in [-0.2, -0.15) is 0 Å². The number of rotatable bonds is 1. The summed E-state index contributed by atoms with van der Waals surface area (Å²) in [5, 5.41) is 0.193. The molecule has 110 valence electrons. The summed E-state index contributed by atoms with van der Waals surface area (Å²) >= 11 is 0. The van der Waals surface area contributed by atoms with Crippen molar-refractivity contribution in [2.24, 2.45) is 0 Å². The topological polar surface area (TPSA) is 69.7 Å². The molecule has 0 amide bonds. The van der Waals surface area contributed by atoms with Crippen LogP contribution < -0.4 is 16.0 Å². The molecule has 5 nitrogen and oxygen atoms in total. The first-order valence-corrected chi connectivity index (χ1v) is 6.95. The van der Waals surface area contributed by atoms with Crippen molar-refractivity contribution in [3.63, 3.8) is 0 Å². The maximum absolute atomic E-state index is 12.1. The lowest BCUT2D eigenvalue weighted by Gasteiger charge is -2.10. The normalized spacial score (nSPS) is 16.5. The number of ether oxygens (including phenoxy) is 1. The van der Waals surface area contributed by atoms with Gasteiger partial charge in [0.2, 0.25) is 0 Å². The minimum Gasteiger partial charge on any atom is -0.484 e. The highest BCUT2D eigenvalue weighted by Crippen LogP contribution is 2.38. The molecule has 22 heavy (non-hydrogen) atoms. The Morgan fingerprint density at radius 1 is 1.05 bits per heavy atom. The lowest BCUT2D eigenvalue weighted by atomic mass is 10.0. The summed E-state index contributed by atoms with van der Waals surface area (Å²) in [6.07, 6.45) is 0.0793. The van der Waals surface area contributed by atoms with Crippen LogP contribution in [0.1, 0.15) is 23.0 Å². The molecule has 1 aliphatic rings. The van der Waals surface area contributed by atoms with Gasteiger partial charge in [-0.3, -0.25) is 0 Å². The number of fused-ring (bicyclic) bond motifs is 3. The van der Waals surface area contributed by atoms with Gasteiger partial charge in [0.25, 0.3) is 0 Å². The molecular formula is C17H12O5. The number of hydrogen-bond acceptors (Lipinski definition) is 5. The fourth-order valence-electron chi connectivity index (χ4n) is 2.80. The van der Waals surface area contributed by atoms with E-state index in [2.05, 4.69) is 0 Å². The Kier molecular flexibility index (Phi) is 2.69. The summed E-state index contributed by atoms with van der Waals surface area (Å²) in [4.78, 5) is 24.3. The second kappa shape index (κ2) is 4.59. The third-order valence-electron chi connectivity index (χ3n) is 3.81.